The van der Waals surface area contributed by atoms with Crippen molar-refractivity contribution in [1.29, 1.82) is 5.26 Å². The van der Waals surface area contributed by atoms with Crippen molar-refractivity contribution in [3.8, 4) is 6.07 Å². The molecule has 7 heteroatoms. The molecule has 4 nitrogen and oxygen atoms in total. The van der Waals surface area contributed by atoms with Crippen molar-refractivity contribution in [2.24, 2.45) is 5.92 Å². The van der Waals surface area contributed by atoms with Gasteiger partial charge < -0.3 is 10.2 Å². The van der Waals surface area contributed by atoms with Crippen molar-refractivity contribution in [2.75, 3.05) is 18.4 Å². The molecule has 0 saturated heterocycles. The highest BCUT2D eigenvalue weighted by atomic mass is 19.4. The lowest BCUT2D eigenvalue weighted by Crippen LogP contribution is -2.47. The SMILES string of the molecule is C=C(Nc1cccc(C(F)(F)F)c1)N(CCN(C(C)C)C(C)C)C1CCC2(c3cccc(C#N)c3)CC2C1. The molecule has 0 radical (unpaired) electrons. The van der Waals surface area contributed by atoms with Crippen molar-refractivity contribution >= 4 is 5.69 Å². The topological polar surface area (TPSA) is 42.3 Å². The van der Waals surface area contributed by atoms with Gasteiger partial charge in [0.05, 0.1) is 23.0 Å². The molecule has 0 heterocycles. The van der Waals surface area contributed by atoms with Gasteiger partial charge in [0.2, 0.25) is 0 Å². The summed E-state index contributed by atoms with van der Waals surface area (Å²) in [6.07, 6.45) is -0.273. The third-order valence-electron chi connectivity index (χ3n) is 8.47. The number of nitrogens with zero attached hydrogens (tertiary/aromatic N) is 3. The zero-order valence-corrected chi connectivity index (χ0v) is 22.9. The Bertz CT molecular complexity index is 1170. The molecule has 0 amide bonds. The first-order valence-electron chi connectivity index (χ1n) is 13.6. The van der Waals surface area contributed by atoms with Gasteiger partial charge in [0.1, 0.15) is 0 Å². The Balaban J connectivity index is 1.52. The third kappa shape index (κ3) is 6.02. The molecule has 3 atom stereocenters. The van der Waals surface area contributed by atoms with Crippen LogP contribution < -0.4 is 5.32 Å². The zero-order valence-electron chi connectivity index (χ0n) is 22.9. The number of halogens is 3. The summed E-state index contributed by atoms with van der Waals surface area (Å²) >= 11 is 0. The molecule has 2 fully saturated rings. The minimum absolute atomic E-state index is 0.146. The summed E-state index contributed by atoms with van der Waals surface area (Å²) in [5, 5.41) is 12.6. The molecule has 2 aromatic carbocycles. The molecule has 2 aromatic rings. The van der Waals surface area contributed by atoms with Crippen LogP contribution in [0.25, 0.3) is 0 Å². The van der Waals surface area contributed by atoms with Crippen LogP contribution in [0.4, 0.5) is 18.9 Å². The summed E-state index contributed by atoms with van der Waals surface area (Å²) in [6, 6.07) is 16.6. The Labute approximate surface area is 225 Å². The van der Waals surface area contributed by atoms with E-state index in [1.807, 2.05) is 18.2 Å². The molecular weight excluding hydrogens is 485 g/mol. The maximum Gasteiger partial charge on any atom is 0.416 e. The van der Waals surface area contributed by atoms with E-state index in [4.69, 9.17) is 0 Å². The van der Waals surface area contributed by atoms with Crippen molar-refractivity contribution in [3.63, 3.8) is 0 Å². The van der Waals surface area contributed by atoms with E-state index in [1.165, 1.54) is 11.6 Å². The van der Waals surface area contributed by atoms with Crippen molar-refractivity contribution in [2.45, 2.75) is 83.1 Å². The Morgan fingerprint density at radius 2 is 1.82 bits per heavy atom. The molecule has 0 aromatic heterocycles. The van der Waals surface area contributed by atoms with E-state index in [1.54, 1.807) is 6.07 Å². The number of fused-ring (bicyclic) bond motifs is 1. The standard InChI is InChI=1S/C31H39F3N4/c1-21(2)37(22(3)4)14-15-38(23(5)36-28-11-7-10-26(17-28)31(32,33)34)29-12-13-30(19-27(30)18-29)25-9-6-8-24(16-25)20-35/h6-11,16-17,21-22,27,29,36H,5,12-15,18-19H2,1-4H3. The first-order chi connectivity index (χ1) is 17.9. The second-order valence-corrected chi connectivity index (χ2v) is 11.4. The highest BCUT2D eigenvalue weighted by molar-refractivity contribution is 5.50. The monoisotopic (exact) mass is 524 g/mol. The smallest absolute Gasteiger partial charge is 0.354 e. The molecule has 0 spiro atoms. The van der Waals surface area contributed by atoms with Gasteiger partial charge >= 0.3 is 6.18 Å². The second kappa shape index (κ2) is 11.0. The van der Waals surface area contributed by atoms with Gasteiger partial charge in [-0.15, -0.1) is 0 Å². The van der Waals surface area contributed by atoms with E-state index in [2.05, 4.69) is 61.5 Å². The van der Waals surface area contributed by atoms with Crippen LogP contribution in [0, 0.1) is 17.2 Å². The van der Waals surface area contributed by atoms with Crippen LogP contribution in [0.3, 0.4) is 0 Å². The number of alkyl halides is 3. The molecule has 0 aliphatic heterocycles. The van der Waals surface area contributed by atoms with Gasteiger partial charge in [-0.25, -0.2) is 0 Å². The molecule has 3 unspecified atom stereocenters. The Morgan fingerprint density at radius 3 is 2.45 bits per heavy atom. The van der Waals surface area contributed by atoms with E-state index < -0.39 is 11.7 Å². The maximum absolute atomic E-state index is 13.3. The number of benzene rings is 2. The first-order valence-corrected chi connectivity index (χ1v) is 13.6. The predicted molar refractivity (Wildman–Crippen MR) is 146 cm³/mol. The lowest BCUT2D eigenvalue weighted by molar-refractivity contribution is -0.137. The number of nitrogens with one attached hydrogen (secondary N) is 1. The number of hydrogen-bond donors (Lipinski definition) is 1. The molecule has 0 bridgehead atoms. The highest BCUT2D eigenvalue weighted by Crippen LogP contribution is 2.63. The van der Waals surface area contributed by atoms with E-state index in [0.29, 0.717) is 35.1 Å². The predicted octanol–water partition coefficient (Wildman–Crippen LogP) is 7.39. The summed E-state index contributed by atoms with van der Waals surface area (Å²) in [4.78, 5) is 4.72. The van der Waals surface area contributed by atoms with E-state index in [9.17, 15) is 18.4 Å². The highest BCUT2D eigenvalue weighted by Gasteiger charge is 2.58. The van der Waals surface area contributed by atoms with E-state index in [0.717, 1.165) is 50.9 Å². The summed E-state index contributed by atoms with van der Waals surface area (Å²) in [7, 11) is 0. The number of nitriles is 1. The minimum Gasteiger partial charge on any atom is -0.354 e. The largest absolute Gasteiger partial charge is 0.416 e. The summed E-state index contributed by atoms with van der Waals surface area (Å²) in [5.41, 5.74) is 1.83. The molecular formula is C31H39F3N4. The van der Waals surface area contributed by atoms with Crippen molar-refractivity contribution < 1.29 is 13.2 Å². The molecule has 204 valence electrons. The Hall–Kier alpha value is -2.98. The molecule has 2 aliphatic rings. The average Bonchev–Trinajstić information content (AvgIpc) is 3.61. The van der Waals surface area contributed by atoms with Crippen LogP contribution in [-0.2, 0) is 11.6 Å². The molecule has 4 rings (SSSR count). The van der Waals surface area contributed by atoms with Crippen LogP contribution in [0.1, 0.15) is 70.1 Å². The second-order valence-electron chi connectivity index (χ2n) is 11.4. The van der Waals surface area contributed by atoms with Gasteiger partial charge in [0.15, 0.2) is 0 Å². The van der Waals surface area contributed by atoms with Crippen molar-refractivity contribution in [3.05, 3.63) is 77.6 Å². The van der Waals surface area contributed by atoms with Crippen LogP contribution in [0.15, 0.2) is 60.9 Å². The van der Waals surface area contributed by atoms with Crippen LogP contribution in [0.5, 0.6) is 0 Å². The number of rotatable bonds is 10. The van der Waals surface area contributed by atoms with Gasteiger partial charge in [-0.1, -0.05) is 24.8 Å². The molecule has 2 aliphatic carbocycles. The van der Waals surface area contributed by atoms with Gasteiger partial charge in [0, 0.05) is 36.9 Å². The van der Waals surface area contributed by atoms with E-state index in [-0.39, 0.29) is 11.5 Å². The average molecular weight is 525 g/mol. The fraction of sp³-hybridized carbons (Fsp3) is 0.516. The van der Waals surface area contributed by atoms with Gasteiger partial charge in [-0.3, -0.25) is 4.90 Å². The lowest BCUT2D eigenvalue weighted by Gasteiger charge is -2.41. The zero-order chi connectivity index (χ0) is 27.7. The number of anilines is 1. The normalized spacial score (nSPS) is 22.8. The third-order valence-corrected chi connectivity index (χ3v) is 8.47. The van der Waals surface area contributed by atoms with E-state index >= 15 is 0 Å². The quantitative estimate of drug-likeness (QED) is 0.352. The van der Waals surface area contributed by atoms with Crippen LogP contribution in [-0.4, -0.2) is 41.0 Å². The van der Waals surface area contributed by atoms with Crippen LogP contribution >= 0.6 is 0 Å². The van der Waals surface area contributed by atoms with Gasteiger partial charge in [-0.2, -0.15) is 18.4 Å². The Morgan fingerprint density at radius 1 is 1.11 bits per heavy atom. The maximum atomic E-state index is 13.3. The summed E-state index contributed by atoms with van der Waals surface area (Å²) in [6.45, 7) is 14.6. The fourth-order valence-corrected chi connectivity index (χ4v) is 6.43. The molecule has 38 heavy (non-hydrogen) atoms. The van der Waals surface area contributed by atoms with Gasteiger partial charge in [0.25, 0.3) is 0 Å². The Kier molecular flexibility index (Phi) is 8.13. The lowest BCUT2D eigenvalue weighted by atomic mass is 9.80. The molecule has 2 saturated carbocycles. The molecule has 1 N–H and O–H groups in total. The van der Waals surface area contributed by atoms with Crippen LogP contribution in [0.2, 0.25) is 0 Å². The van der Waals surface area contributed by atoms with Gasteiger partial charge in [-0.05, 0) is 101 Å². The summed E-state index contributed by atoms with van der Waals surface area (Å²) in [5.74, 6) is 1.17. The van der Waals surface area contributed by atoms with Crippen molar-refractivity contribution in [1.82, 2.24) is 9.80 Å². The first kappa shape index (κ1) is 28.0. The summed E-state index contributed by atoms with van der Waals surface area (Å²) < 4.78 is 39.9. The number of hydrogen-bond acceptors (Lipinski definition) is 4. The minimum atomic E-state index is -4.39. The fourth-order valence-electron chi connectivity index (χ4n) is 6.43.